The van der Waals surface area contributed by atoms with Crippen LogP contribution < -0.4 is 11.5 Å². The Morgan fingerprint density at radius 3 is 1.20 bits per heavy atom. The van der Waals surface area contributed by atoms with Gasteiger partial charge in [-0.15, -0.1) is 0 Å². The molecule has 0 saturated heterocycles. The predicted octanol–water partition coefficient (Wildman–Crippen LogP) is 0.215. The summed E-state index contributed by atoms with van der Waals surface area (Å²) in [6.07, 6.45) is 4.87. The summed E-state index contributed by atoms with van der Waals surface area (Å²) in [5.41, 5.74) is 12.5. The first-order valence-corrected chi connectivity index (χ1v) is 4.21. The topological polar surface area (TPSA) is 52.0 Å². The van der Waals surface area contributed by atoms with Crippen LogP contribution in [0.3, 0.4) is 0 Å². The molecule has 0 atom stereocenters. The highest BCUT2D eigenvalue weighted by atomic mass is 15.0. The Balaban J connectivity index is 2.17. The molecule has 0 radical (unpaired) electrons. The van der Waals surface area contributed by atoms with Gasteiger partial charge in [-0.3, -0.25) is 0 Å². The Labute approximate surface area is 61.0 Å². The van der Waals surface area contributed by atoms with Gasteiger partial charge in [-0.1, -0.05) is 0 Å². The molecule has 0 aromatic heterocycles. The van der Waals surface area contributed by atoms with E-state index in [0.29, 0.717) is 0 Å². The highest BCUT2D eigenvalue weighted by Gasteiger charge is 2.68. The van der Waals surface area contributed by atoms with E-state index in [2.05, 4.69) is 0 Å². The van der Waals surface area contributed by atoms with Crippen LogP contribution in [-0.4, -0.2) is 11.1 Å². The smallest absolute Gasteiger partial charge is 0.0342 e. The van der Waals surface area contributed by atoms with Gasteiger partial charge in [0.2, 0.25) is 0 Å². The molecule has 0 aromatic rings. The van der Waals surface area contributed by atoms with E-state index >= 15 is 0 Å². The molecule has 4 rings (SSSR count). The summed E-state index contributed by atoms with van der Waals surface area (Å²) in [6, 6.07) is 0. The summed E-state index contributed by atoms with van der Waals surface area (Å²) in [6.45, 7) is 0. The lowest BCUT2D eigenvalue weighted by atomic mass is 9.85. The first kappa shape index (κ1) is 5.56. The van der Waals surface area contributed by atoms with Gasteiger partial charge in [-0.25, -0.2) is 0 Å². The Bertz CT molecular complexity index is 165. The minimum atomic E-state index is 0.0579. The maximum atomic E-state index is 6.19. The molecule has 4 aliphatic rings. The second-order valence-corrected chi connectivity index (χ2v) is 4.65. The van der Waals surface area contributed by atoms with Gasteiger partial charge in [0.25, 0.3) is 0 Å². The van der Waals surface area contributed by atoms with Crippen molar-refractivity contribution in [3.63, 3.8) is 0 Å². The molecule has 4 aliphatic carbocycles. The van der Waals surface area contributed by atoms with Crippen molar-refractivity contribution in [3.8, 4) is 0 Å². The van der Waals surface area contributed by atoms with Crippen molar-refractivity contribution < 1.29 is 0 Å². The van der Waals surface area contributed by atoms with Crippen molar-refractivity contribution in [2.24, 2.45) is 23.3 Å². The predicted molar refractivity (Wildman–Crippen MR) is 39.3 cm³/mol. The van der Waals surface area contributed by atoms with Gasteiger partial charge in [0.05, 0.1) is 0 Å². The highest BCUT2D eigenvalue weighted by Crippen LogP contribution is 2.64. The average molecular weight is 138 g/mol. The monoisotopic (exact) mass is 138 g/mol. The Morgan fingerprint density at radius 2 is 1.10 bits per heavy atom. The molecule has 0 unspecified atom stereocenters. The van der Waals surface area contributed by atoms with E-state index in [4.69, 9.17) is 11.5 Å². The molecule has 0 aliphatic heterocycles. The van der Waals surface area contributed by atoms with Gasteiger partial charge in [0.1, 0.15) is 0 Å². The first-order chi connectivity index (χ1) is 4.63. The zero-order valence-corrected chi connectivity index (χ0v) is 6.14. The molecular formula is C8H14N2. The molecular weight excluding hydrogens is 124 g/mol. The molecule has 0 heterocycles. The third-order valence-corrected chi connectivity index (χ3v) is 4.16. The molecule has 10 heavy (non-hydrogen) atoms. The van der Waals surface area contributed by atoms with Crippen molar-refractivity contribution in [1.29, 1.82) is 0 Å². The van der Waals surface area contributed by atoms with Crippen molar-refractivity contribution in [2.75, 3.05) is 0 Å². The van der Waals surface area contributed by atoms with Crippen molar-refractivity contribution in [3.05, 3.63) is 0 Å². The summed E-state index contributed by atoms with van der Waals surface area (Å²) in [4.78, 5) is 0. The largest absolute Gasteiger partial charge is 0.324 e. The molecule has 4 saturated carbocycles. The van der Waals surface area contributed by atoms with Gasteiger partial charge < -0.3 is 11.5 Å². The number of hydrogen-bond acceptors (Lipinski definition) is 2. The van der Waals surface area contributed by atoms with Crippen LogP contribution in [0.4, 0.5) is 0 Å². The van der Waals surface area contributed by atoms with E-state index in [1.54, 1.807) is 0 Å². The van der Waals surface area contributed by atoms with Crippen LogP contribution in [0.5, 0.6) is 0 Å². The third kappa shape index (κ3) is 0.350. The minimum absolute atomic E-state index is 0.0579. The molecule has 2 heteroatoms. The quantitative estimate of drug-likeness (QED) is 0.503. The average Bonchev–Trinajstić information content (AvgIpc) is 2.27. The molecule has 4 N–H and O–H groups in total. The van der Waals surface area contributed by atoms with Gasteiger partial charge in [0.15, 0.2) is 0 Å². The third-order valence-electron chi connectivity index (χ3n) is 4.16. The fraction of sp³-hybridized carbons (Fsp3) is 1.00. The lowest BCUT2D eigenvalue weighted by Gasteiger charge is -2.33. The minimum Gasteiger partial charge on any atom is -0.324 e. The van der Waals surface area contributed by atoms with Crippen LogP contribution in [0, 0.1) is 11.8 Å². The summed E-state index contributed by atoms with van der Waals surface area (Å²) in [7, 11) is 0. The first-order valence-electron chi connectivity index (χ1n) is 4.21. The molecule has 0 aromatic carbocycles. The fourth-order valence-electron chi connectivity index (χ4n) is 3.66. The molecule has 4 bridgehead atoms. The van der Waals surface area contributed by atoms with E-state index in [9.17, 15) is 0 Å². The van der Waals surface area contributed by atoms with Crippen LogP contribution in [0.2, 0.25) is 0 Å². The van der Waals surface area contributed by atoms with Gasteiger partial charge in [0, 0.05) is 11.1 Å². The van der Waals surface area contributed by atoms with E-state index in [-0.39, 0.29) is 11.1 Å². The zero-order chi connectivity index (χ0) is 6.98. The van der Waals surface area contributed by atoms with Crippen LogP contribution in [0.25, 0.3) is 0 Å². The van der Waals surface area contributed by atoms with Crippen molar-refractivity contribution >= 4 is 0 Å². The fourth-order valence-corrected chi connectivity index (χ4v) is 3.66. The number of nitrogens with two attached hydrogens (primary N) is 2. The summed E-state index contributed by atoms with van der Waals surface area (Å²) >= 11 is 0. The van der Waals surface area contributed by atoms with E-state index in [0.717, 1.165) is 11.8 Å². The number of hydrogen-bond donors (Lipinski definition) is 2. The summed E-state index contributed by atoms with van der Waals surface area (Å²) in [5.74, 6) is 1.80. The maximum Gasteiger partial charge on any atom is 0.0342 e. The standard InChI is InChI=1S/C8H14N2/c9-7-1-5-2-8(7,10)4-6(5)3-7/h5-6H,1-4,9-10H2. The Kier molecular flexibility index (Phi) is 0.647. The van der Waals surface area contributed by atoms with Crippen LogP contribution >= 0.6 is 0 Å². The normalized spacial score (nSPS) is 70.2. The molecule has 0 amide bonds. The van der Waals surface area contributed by atoms with Crippen LogP contribution in [0.1, 0.15) is 25.7 Å². The molecule has 4 fully saturated rings. The van der Waals surface area contributed by atoms with E-state index in [1.807, 2.05) is 0 Å². The Morgan fingerprint density at radius 1 is 0.800 bits per heavy atom. The van der Waals surface area contributed by atoms with Crippen molar-refractivity contribution in [2.45, 2.75) is 36.8 Å². The second kappa shape index (κ2) is 1.16. The second-order valence-electron chi connectivity index (χ2n) is 4.65. The lowest BCUT2D eigenvalue weighted by Crippen LogP contribution is -2.58. The zero-order valence-electron chi connectivity index (χ0n) is 6.14. The SMILES string of the molecule is NC12CC3CC1(N)CC3C2. The van der Waals surface area contributed by atoms with E-state index < -0.39 is 0 Å². The molecule has 0 spiro atoms. The van der Waals surface area contributed by atoms with Gasteiger partial charge >= 0.3 is 0 Å². The maximum absolute atomic E-state index is 6.19. The van der Waals surface area contributed by atoms with Gasteiger partial charge in [-0.05, 0) is 37.5 Å². The summed E-state index contributed by atoms with van der Waals surface area (Å²) < 4.78 is 0. The number of rotatable bonds is 0. The lowest BCUT2D eigenvalue weighted by molar-refractivity contribution is 0.309. The molecule has 56 valence electrons. The Hall–Kier alpha value is -0.0800. The molecule has 2 nitrogen and oxygen atoms in total. The van der Waals surface area contributed by atoms with Crippen molar-refractivity contribution in [1.82, 2.24) is 0 Å². The summed E-state index contributed by atoms with van der Waals surface area (Å²) in [5, 5.41) is 0. The highest BCUT2D eigenvalue weighted by molar-refractivity contribution is 5.27. The van der Waals surface area contributed by atoms with Crippen LogP contribution in [0.15, 0.2) is 0 Å². The van der Waals surface area contributed by atoms with Gasteiger partial charge in [-0.2, -0.15) is 0 Å². The van der Waals surface area contributed by atoms with E-state index in [1.165, 1.54) is 25.7 Å². The van der Waals surface area contributed by atoms with Crippen LogP contribution in [-0.2, 0) is 0 Å².